The summed E-state index contributed by atoms with van der Waals surface area (Å²) in [6, 6.07) is 5.95. The van der Waals surface area contributed by atoms with Crippen LogP contribution in [-0.2, 0) is 6.54 Å². The van der Waals surface area contributed by atoms with Crippen molar-refractivity contribution in [3.8, 4) is 0 Å². The summed E-state index contributed by atoms with van der Waals surface area (Å²) in [7, 11) is 0. The molecule has 3 heterocycles. The molecule has 2 aromatic heterocycles. The van der Waals surface area contributed by atoms with Crippen LogP contribution in [0.1, 0.15) is 47.3 Å². The first-order valence-electron chi connectivity index (χ1n) is 9.01. The molecular formula is C19H27N5O. The molecule has 0 saturated heterocycles. The lowest BCUT2D eigenvalue weighted by molar-refractivity contribution is 0.0642. The van der Waals surface area contributed by atoms with Crippen LogP contribution >= 0.6 is 0 Å². The first kappa shape index (κ1) is 17.6. The van der Waals surface area contributed by atoms with Crippen LogP contribution in [0.25, 0.3) is 0 Å². The Morgan fingerprint density at radius 1 is 1.24 bits per heavy atom. The third-order valence-electron chi connectivity index (χ3n) is 4.86. The van der Waals surface area contributed by atoms with Gasteiger partial charge in [-0.3, -0.25) is 14.5 Å². The highest BCUT2D eigenvalue weighted by atomic mass is 16.2. The predicted octanol–water partition coefficient (Wildman–Crippen LogP) is 2.43. The van der Waals surface area contributed by atoms with Crippen LogP contribution in [0, 0.1) is 13.8 Å². The Kier molecular flexibility index (Phi) is 5.18. The third kappa shape index (κ3) is 3.74. The van der Waals surface area contributed by atoms with Crippen LogP contribution in [0.5, 0.6) is 0 Å². The van der Waals surface area contributed by atoms with E-state index in [0.29, 0.717) is 13.1 Å². The van der Waals surface area contributed by atoms with Crippen molar-refractivity contribution in [3.05, 3.63) is 47.0 Å². The summed E-state index contributed by atoms with van der Waals surface area (Å²) in [5.74, 6) is 0.0746. The molecule has 0 spiro atoms. The second-order valence-electron chi connectivity index (χ2n) is 6.73. The van der Waals surface area contributed by atoms with Crippen molar-refractivity contribution < 1.29 is 4.79 Å². The average Bonchev–Trinajstić information content (AvgIpc) is 3.06. The van der Waals surface area contributed by atoms with E-state index in [0.717, 1.165) is 42.3 Å². The average molecular weight is 341 g/mol. The van der Waals surface area contributed by atoms with Gasteiger partial charge in [0, 0.05) is 36.2 Å². The van der Waals surface area contributed by atoms with Gasteiger partial charge in [-0.15, -0.1) is 0 Å². The summed E-state index contributed by atoms with van der Waals surface area (Å²) in [5, 5.41) is 4.50. The van der Waals surface area contributed by atoms with Gasteiger partial charge in [0.2, 0.25) is 0 Å². The third-order valence-corrected chi connectivity index (χ3v) is 4.86. The number of likely N-dealkylation sites (N-methyl/N-ethyl adjacent to an activating group) is 1. The molecule has 0 fully saturated rings. The van der Waals surface area contributed by atoms with Gasteiger partial charge in [-0.2, -0.15) is 5.10 Å². The predicted molar refractivity (Wildman–Crippen MR) is 97.5 cm³/mol. The van der Waals surface area contributed by atoms with E-state index in [2.05, 4.69) is 33.5 Å². The van der Waals surface area contributed by atoms with E-state index in [-0.39, 0.29) is 11.9 Å². The Bertz CT molecular complexity index is 730. The van der Waals surface area contributed by atoms with Crippen LogP contribution in [-0.4, -0.2) is 56.7 Å². The monoisotopic (exact) mass is 341 g/mol. The van der Waals surface area contributed by atoms with E-state index in [9.17, 15) is 4.79 Å². The molecule has 1 aliphatic rings. The van der Waals surface area contributed by atoms with Gasteiger partial charge in [-0.05, 0) is 45.1 Å². The van der Waals surface area contributed by atoms with Crippen LogP contribution in [0.15, 0.2) is 24.4 Å². The molecule has 0 N–H and O–H groups in total. The van der Waals surface area contributed by atoms with Gasteiger partial charge < -0.3 is 9.80 Å². The topological polar surface area (TPSA) is 54.3 Å². The lowest BCUT2D eigenvalue weighted by atomic mass is 10.1. The fourth-order valence-corrected chi connectivity index (χ4v) is 3.60. The highest BCUT2D eigenvalue weighted by molar-refractivity contribution is 5.94. The second-order valence-corrected chi connectivity index (χ2v) is 6.73. The summed E-state index contributed by atoms with van der Waals surface area (Å²) in [6.07, 6.45) is 1.83. The number of fused-ring (bicyclic) bond motifs is 1. The van der Waals surface area contributed by atoms with Crippen molar-refractivity contribution in [3.63, 3.8) is 0 Å². The molecule has 1 unspecified atom stereocenters. The Morgan fingerprint density at radius 2 is 1.92 bits per heavy atom. The number of carbonyl (C=O) groups excluding carboxylic acids is 1. The SMILES string of the molecule is CCN(CC)CC1CN(C(=O)c2cc(C)nc(C)c2)Cc2ccnn21. The molecule has 134 valence electrons. The molecule has 0 saturated carbocycles. The number of hydrogen-bond acceptors (Lipinski definition) is 4. The summed E-state index contributed by atoms with van der Waals surface area (Å²) < 4.78 is 2.09. The van der Waals surface area contributed by atoms with E-state index >= 15 is 0 Å². The molecule has 6 nitrogen and oxygen atoms in total. The van der Waals surface area contributed by atoms with Gasteiger partial charge in [-0.1, -0.05) is 13.8 Å². The molecular weight excluding hydrogens is 314 g/mol. The fraction of sp³-hybridized carbons (Fsp3) is 0.526. The zero-order valence-corrected chi connectivity index (χ0v) is 15.6. The maximum absolute atomic E-state index is 13.1. The number of hydrogen-bond donors (Lipinski definition) is 0. The lowest BCUT2D eigenvalue weighted by Crippen LogP contribution is -2.45. The number of pyridine rings is 1. The highest BCUT2D eigenvalue weighted by Gasteiger charge is 2.30. The first-order chi connectivity index (χ1) is 12.0. The number of aromatic nitrogens is 3. The van der Waals surface area contributed by atoms with Gasteiger partial charge >= 0.3 is 0 Å². The minimum absolute atomic E-state index is 0.0746. The Balaban J connectivity index is 1.85. The standard InChI is InChI=1S/C19H27N5O/c1-5-22(6-2)11-18-13-23(12-17-7-8-20-24(17)18)19(25)16-9-14(3)21-15(4)10-16/h7-10,18H,5-6,11-13H2,1-4H3. The number of nitrogens with zero attached hydrogens (tertiary/aromatic N) is 5. The summed E-state index contributed by atoms with van der Waals surface area (Å²) in [5.41, 5.74) is 3.58. The molecule has 2 aromatic rings. The number of amides is 1. The van der Waals surface area contributed by atoms with E-state index in [1.807, 2.05) is 43.1 Å². The second kappa shape index (κ2) is 7.35. The van der Waals surface area contributed by atoms with Crippen molar-refractivity contribution in [2.24, 2.45) is 0 Å². The van der Waals surface area contributed by atoms with Crippen molar-refractivity contribution in [1.82, 2.24) is 24.6 Å². The minimum Gasteiger partial charge on any atom is -0.331 e. The summed E-state index contributed by atoms with van der Waals surface area (Å²) in [6.45, 7) is 12.4. The maximum atomic E-state index is 13.1. The Morgan fingerprint density at radius 3 is 2.56 bits per heavy atom. The molecule has 1 aliphatic heterocycles. The Hall–Kier alpha value is -2.21. The summed E-state index contributed by atoms with van der Waals surface area (Å²) >= 11 is 0. The van der Waals surface area contributed by atoms with Crippen molar-refractivity contribution in [1.29, 1.82) is 0 Å². The number of carbonyl (C=O) groups is 1. The van der Waals surface area contributed by atoms with Crippen molar-refractivity contribution in [2.75, 3.05) is 26.2 Å². The van der Waals surface area contributed by atoms with Gasteiger partial charge in [0.15, 0.2) is 0 Å². The van der Waals surface area contributed by atoms with Crippen LogP contribution in [0.2, 0.25) is 0 Å². The van der Waals surface area contributed by atoms with Gasteiger partial charge in [-0.25, -0.2) is 0 Å². The van der Waals surface area contributed by atoms with Crippen molar-refractivity contribution >= 4 is 5.91 Å². The molecule has 0 radical (unpaired) electrons. The fourth-order valence-electron chi connectivity index (χ4n) is 3.60. The molecule has 0 aliphatic carbocycles. The quantitative estimate of drug-likeness (QED) is 0.838. The number of aryl methyl sites for hydroxylation is 2. The Labute approximate surface area is 149 Å². The van der Waals surface area contributed by atoms with E-state index in [1.165, 1.54) is 0 Å². The number of rotatable bonds is 5. The largest absolute Gasteiger partial charge is 0.331 e. The molecule has 1 atom stereocenters. The van der Waals surface area contributed by atoms with Crippen LogP contribution in [0.3, 0.4) is 0 Å². The maximum Gasteiger partial charge on any atom is 0.254 e. The van der Waals surface area contributed by atoms with E-state index in [4.69, 9.17) is 0 Å². The van der Waals surface area contributed by atoms with Crippen molar-refractivity contribution in [2.45, 2.75) is 40.3 Å². The van der Waals surface area contributed by atoms with Gasteiger partial charge in [0.25, 0.3) is 5.91 Å². The van der Waals surface area contributed by atoms with Crippen LogP contribution < -0.4 is 0 Å². The molecule has 6 heteroatoms. The van der Waals surface area contributed by atoms with E-state index in [1.54, 1.807) is 0 Å². The normalized spacial score (nSPS) is 17.0. The molecule has 1 amide bonds. The zero-order valence-electron chi connectivity index (χ0n) is 15.6. The minimum atomic E-state index is 0.0746. The lowest BCUT2D eigenvalue weighted by Gasteiger charge is -2.36. The molecule has 0 aromatic carbocycles. The van der Waals surface area contributed by atoms with Crippen LogP contribution in [0.4, 0.5) is 0 Å². The highest BCUT2D eigenvalue weighted by Crippen LogP contribution is 2.23. The summed E-state index contributed by atoms with van der Waals surface area (Å²) in [4.78, 5) is 21.8. The molecule has 3 rings (SSSR count). The zero-order chi connectivity index (χ0) is 18.0. The first-order valence-corrected chi connectivity index (χ1v) is 9.01. The smallest absolute Gasteiger partial charge is 0.254 e. The molecule has 0 bridgehead atoms. The van der Waals surface area contributed by atoms with Gasteiger partial charge in [0.1, 0.15) is 0 Å². The molecule has 25 heavy (non-hydrogen) atoms. The van der Waals surface area contributed by atoms with E-state index < -0.39 is 0 Å². The van der Waals surface area contributed by atoms with Gasteiger partial charge in [0.05, 0.1) is 18.3 Å².